The standard InChI is InChI=1S/C54H60FN9O5SSi/c1-30(2)21-37(61-54(67)68-4)51(65)62-20-10-13-41(62)49-57-27-39(60-49)34-23-36(55)47-42-24-35-22-33(16-17-40(35)64(42)53(69-44(47)25-34)46-19-18-45(70-46)31-14-15-31)38-26-58-50(59-38)43-28-71(5,6)29-63(43)52(66)48(56-3)32-11-8-7-9-12-32/h7-9,11-12,16-19,22-27,30-31,37,41,43,48,53,56H,10,13-15,20-21,28-29H2,1-6H3,(H,57,60)(H,58,59)(H,61,67)/t37?,41-,43-,48?,53-/m0/s1. The highest BCUT2D eigenvalue weighted by Crippen LogP contribution is 2.50. The molecule has 3 aliphatic heterocycles. The van der Waals surface area contributed by atoms with Crippen LogP contribution in [0.25, 0.3) is 44.7 Å². The maximum absolute atomic E-state index is 17.0. The summed E-state index contributed by atoms with van der Waals surface area (Å²) in [6.07, 6.45) is 7.39. The van der Waals surface area contributed by atoms with Gasteiger partial charge in [-0.3, -0.25) is 14.2 Å². The molecule has 7 aromatic rings. The average molecular weight is 994 g/mol. The molecular formula is C54H60FN9O5SSi. The highest BCUT2D eigenvalue weighted by molar-refractivity contribution is 7.12. The third-order valence-corrected chi connectivity index (χ3v) is 18.6. The number of hydrogen-bond acceptors (Lipinski definition) is 9. The van der Waals surface area contributed by atoms with Crippen molar-refractivity contribution in [3.63, 3.8) is 0 Å². The van der Waals surface area contributed by atoms with E-state index < -0.39 is 38.3 Å². The third-order valence-electron chi connectivity index (χ3n) is 14.6. The van der Waals surface area contributed by atoms with Crippen LogP contribution in [0.5, 0.6) is 5.75 Å². The first-order chi connectivity index (χ1) is 34.3. The molecule has 14 nitrogen and oxygen atoms in total. The average Bonchev–Trinajstić information content (AvgIpc) is 4.04. The van der Waals surface area contributed by atoms with Gasteiger partial charge in [0.05, 0.1) is 72.7 Å². The van der Waals surface area contributed by atoms with Gasteiger partial charge >= 0.3 is 6.09 Å². The molecule has 7 heterocycles. The van der Waals surface area contributed by atoms with Gasteiger partial charge in [0.1, 0.15) is 35.3 Å². The van der Waals surface area contributed by atoms with E-state index in [1.165, 1.54) is 30.9 Å². The summed E-state index contributed by atoms with van der Waals surface area (Å²) in [5.74, 6) is 1.96. The summed E-state index contributed by atoms with van der Waals surface area (Å²) < 4.78 is 30.9. The van der Waals surface area contributed by atoms with E-state index in [4.69, 9.17) is 19.4 Å². The molecular weight excluding hydrogens is 934 g/mol. The van der Waals surface area contributed by atoms with Crippen molar-refractivity contribution in [1.29, 1.82) is 0 Å². The molecule has 0 radical (unpaired) electrons. The molecule has 17 heteroatoms. The molecule has 5 atom stereocenters. The molecule has 4 aromatic heterocycles. The smallest absolute Gasteiger partial charge is 0.407 e. The van der Waals surface area contributed by atoms with Crippen molar-refractivity contribution in [2.75, 3.05) is 26.9 Å². The van der Waals surface area contributed by atoms with Crippen LogP contribution < -0.4 is 15.4 Å². The number of aromatic amines is 2. The number of likely N-dealkylation sites (tertiary alicyclic amines) is 1. The predicted molar refractivity (Wildman–Crippen MR) is 275 cm³/mol. The lowest BCUT2D eigenvalue weighted by Gasteiger charge is -2.30. The van der Waals surface area contributed by atoms with E-state index in [9.17, 15) is 14.4 Å². The highest BCUT2D eigenvalue weighted by Gasteiger charge is 2.45. The molecule has 11 rings (SSSR count). The predicted octanol–water partition coefficient (Wildman–Crippen LogP) is 10.6. The fourth-order valence-electron chi connectivity index (χ4n) is 11.1. The van der Waals surface area contributed by atoms with Crippen LogP contribution in [-0.4, -0.2) is 93.2 Å². The normalized spacial score (nSPS) is 20.2. The maximum Gasteiger partial charge on any atom is 0.407 e. The van der Waals surface area contributed by atoms with Gasteiger partial charge in [0.2, 0.25) is 18.0 Å². The lowest BCUT2D eigenvalue weighted by molar-refractivity contribution is -0.135. The van der Waals surface area contributed by atoms with Crippen molar-refractivity contribution >= 4 is 48.2 Å². The number of nitrogens with zero attached hydrogens (tertiary/aromatic N) is 5. The molecule has 0 spiro atoms. The Kier molecular flexibility index (Phi) is 12.2. The van der Waals surface area contributed by atoms with E-state index in [1.54, 1.807) is 22.4 Å². The Hall–Kier alpha value is -6.56. The van der Waals surface area contributed by atoms with E-state index >= 15 is 4.39 Å². The van der Waals surface area contributed by atoms with Crippen LogP contribution >= 0.6 is 11.3 Å². The number of methoxy groups -OCH3 is 1. The zero-order valence-electron chi connectivity index (χ0n) is 40.9. The number of rotatable bonds is 13. The second-order valence-corrected chi connectivity index (χ2v) is 27.0. The number of benzene rings is 3. The van der Waals surface area contributed by atoms with E-state index in [-0.39, 0.29) is 29.8 Å². The van der Waals surface area contributed by atoms with Crippen molar-refractivity contribution in [3.05, 3.63) is 124 Å². The number of nitrogens with one attached hydrogen (secondary N) is 4. The van der Waals surface area contributed by atoms with Crippen LogP contribution in [0.4, 0.5) is 9.18 Å². The zero-order chi connectivity index (χ0) is 49.3. The number of ether oxygens (including phenoxy) is 2. The number of carbonyl (C=O) groups is 3. The van der Waals surface area contributed by atoms with Crippen LogP contribution in [0.1, 0.15) is 103 Å². The van der Waals surface area contributed by atoms with Crippen molar-refractivity contribution in [1.82, 2.24) is 44.9 Å². The number of likely N-dealkylation sites (N-methyl/N-ethyl adjacent to an activating group) is 1. The highest BCUT2D eigenvalue weighted by atomic mass is 32.1. The molecule has 3 fully saturated rings. The van der Waals surface area contributed by atoms with Gasteiger partial charge in [-0.1, -0.05) is 63.3 Å². The quantitative estimate of drug-likeness (QED) is 0.0830. The largest absolute Gasteiger partial charge is 0.464 e. The summed E-state index contributed by atoms with van der Waals surface area (Å²) in [7, 11) is 1.36. The van der Waals surface area contributed by atoms with Gasteiger partial charge in [0, 0.05) is 34.1 Å². The third kappa shape index (κ3) is 8.86. The first-order valence-corrected chi connectivity index (χ1v) is 29.0. The van der Waals surface area contributed by atoms with Gasteiger partial charge in [0.25, 0.3) is 0 Å². The van der Waals surface area contributed by atoms with Crippen molar-refractivity contribution in [2.24, 2.45) is 5.92 Å². The second-order valence-electron chi connectivity index (χ2n) is 20.8. The molecule has 4 N–H and O–H groups in total. The molecule has 2 unspecified atom stereocenters. The fourth-order valence-corrected chi connectivity index (χ4v) is 15.2. The van der Waals surface area contributed by atoms with Gasteiger partial charge in [-0.15, -0.1) is 11.3 Å². The Morgan fingerprint density at radius 3 is 2.34 bits per heavy atom. The second kappa shape index (κ2) is 18.6. The molecule has 71 heavy (non-hydrogen) atoms. The molecule has 3 amide bonds. The zero-order valence-corrected chi connectivity index (χ0v) is 42.7. The Morgan fingerprint density at radius 1 is 0.887 bits per heavy atom. The van der Waals surface area contributed by atoms with E-state index in [0.29, 0.717) is 59.4 Å². The minimum Gasteiger partial charge on any atom is -0.464 e. The summed E-state index contributed by atoms with van der Waals surface area (Å²) in [6, 6.07) is 25.1. The molecule has 4 aliphatic rings. The lowest BCUT2D eigenvalue weighted by Crippen LogP contribution is -2.49. The van der Waals surface area contributed by atoms with Crippen LogP contribution in [0, 0.1) is 11.7 Å². The Balaban J connectivity index is 0.911. The monoisotopic (exact) mass is 993 g/mol. The summed E-state index contributed by atoms with van der Waals surface area (Å²) in [5, 5.41) is 6.92. The number of halogens is 1. The molecule has 1 aliphatic carbocycles. The number of carbonyl (C=O) groups excluding carboxylic acids is 3. The molecule has 368 valence electrons. The van der Waals surface area contributed by atoms with E-state index in [0.717, 1.165) is 57.1 Å². The Bertz CT molecular complexity index is 3160. The summed E-state index contributed by atoms with van der Waals surface area (Å²) in [6.45, 7) is 9.21. The number of thiophene rings is 1. The van der Waals surface area contributed by atoms with Crippen LogP contribution in [0.2, 0.25) is 19.1 Å². The number of alkyl carbamates (subject to hydrolysis) is 1. The summed E-state index contributed by atoms with van der Waals surface area (Å²) >= 11 is 1.75. The lowest BCUT2D eigenvalue weighted by atomic mass is 10.0. The van der Waals surface area contributed by atoms with Gasteiger partial charge in [-0.25, -0.2) is 19.2 Å². The van der Waals surface area contributed by atoms with Gasteiger partial charge < -0.3 is 39.9 Å². The number of hydrogen-bond donors (Lipinski definition) is 4. The summed E-state index contributed by atoms with van der Waals surface area (Å²) in [4.78, 5) is 63.3. The number of aromatic nitrogens is 5. The van der Waals surface area contributed by atoms with E-state index in [1.807, 2.05) is 68.4 Å². The topological polar surface area (TPSA) is 162 Å². The van der Waals surface area contributed by atoms with Crippen molar-refractivity contribution in [3.8, 4) is 39.5 Å². The number of fused-ring (bicyclic) bond motifs is 5. The Morgan fingerprint density at radius 2 is 1.62 bits per heavy atom. The molecule has 0 bridgehead atoms. The van der Waals surface area contributed by atoms with Crippen molar-refractivity contribution in [2.45, 2.75) is 101 Å². The first-order valence-electron chi connectivity index (χ1n) is 24.8. The van der Waals surface area contributed by atoms with Crippen LogP contribution in [0.3, 0.4) is 0 Å². The van der Waals surface area contributed by atoms with Gasteiger partial charge in [-0.05, 0) is 105 Å². The van der Waals surface area contributed by atoms with Crippen LogP contribution in [0.15, 0.2) is 91.3 Å². The van der Waals surface area contributed by atoms with Gasteiger partial charge in [-0.2, -0.15) is 0 Å². The minimum absolute atomic E-state index is 0.0491. The molecule has 3 aromatic carbocycles. The number of imidazole rings is 2. The van der Waals surface area contributed by atoms with Crippen LogP contribution in [-0.2, 0) is 14.3 Å². The Labute approximate surface area is 417 Å². The molecule has 2 saturated heterocycles. The fraction of sp³-hybridized carbons (Fsp3) is 0.389. The maximum atomic E-state index is 17.0. The van der Waals surface area contributed by atoms with Crippen molar-refractivity contribution < 1.29 is 28.2 Å². The minimum atomic E-state index is -1.76. The van der Waals surface area contributed by atoms with Gasteiger partial charge in [0.15, 0.2) is 0 Å². The van der Waals surface area contributed by atoms with E-state index in [2.05, 4.69) is 74.7 Å². The SMILES string of the molecule is CNC(C(=O)N1C[Si](C)(C)C[C@H]1c1ncc(-c2ccc3c(c2)cc2n3[C@H](c3ccc(C4CC4)s3)Oc3cc(-c4cnc([C@@H]5CCCN5C(=O)C(CC(C)C)NC(=O)OC)[nH]4)cc(F)c3-2)[nH]1)c1ccccc1. The summed E-state index contributed by atoms with van der Waals surface area (Å²) in [5.41, 5.74) is 5.87. The number of H-pyrrole nitrogens is 2. The molecule has 1 saturated carbocycles. The number of amides is 3. The first kappa shape index (κ1) is 46.8.